The maximum atomic E-state index is 12.0. The van der Waals surface area contributed by atoms with Crippen LogP contribution in [0.3, 0.4) is 0 Å². The number of carbonyl (C=O) groups excluding carboxylic acids is 1. The first-order chi connectivity index (χ1) is 8.95. The second-order valence-electron chi connectivity index (χ2n) is 4.41. The second kappa shape index (κ2) is 7.13. The highest BCUT2D eigenvalue weighted by Crippen LogP contribution is 2.17. The van der Waals surface area contributed by atoms with E-state index in [4.69, 9.17) is 0 Å². The Hall–Kier alpha value is -1.56. The molecule has 1 N–H and O–H groups in total. The lowest BCUT2D eigenvalue weighted by molar-refractivity contribution is -0.384. The fourth-order valence-electron chi connectivity index (χ4n) is 1.68. The topological polar surface area (TPSA) is 72.2 Å². The van der Waals surface area contributed by atoms with Crippen LogP contribution in [0.15, 0.2) is 18.2 Å². The van der Waals surface area contributed by atoms with Crippen LogP contribution in [0.25, 0.3) is 0 Å². The molecule has 1 atom stereocenters. The highest BCUT2D eigenvalue weighted by molar-refractivity contribution is 7.98. The molecule has 0 saturated heterocycles. The minimum absolute atomic E-state index is 0.00415. The summed E-state index contributed by atoms with van der Waals surface area (Å²) in [7, 11) is 0. The fraction of sp³-hybridized carbons (Fsp3) is 0.462. The predicted molar refractivity (Wildman–Crippen MR) is 77.8 cm³/mol. The zero-order chi connectivity index (χ0) is 14.4. The molecule has 0 heterocycles. The molecule has 1 aromatic rings. The van der Waals surface area contributed by atoms with Crippen LogP contribution < -0.4 is 5.32 Å². The van der Waals surface area contributed by atoms with Crippen LogP contribution in [0.1, 0.15) is 29.3 Å². The molecular weight excluding hydrogens is 264 g/mol. The van der Waals surface area contributed by atoms with Crippen molar-refractivity contribution < 1.29 is 9.72 Å². The van der Waals surface area contributed by atoms with Gasteiger partial charge in [0.1, 0.15) is 0 Å². The molecule has 0 aliphatic heterocycles. The number of non-ortho nitro benzene ring substituents is 1. The van der Waals surface area contributed by atoms with Gasteiger partial charge < -0.3 is 5.32 Å². The number of thioether (sulfide) groups is 1. The van der Waals surface area contributed by atoms with Gasteiger partial charge in [0.2, 0.25) is 0 Å². The second-order valence-corrected chi connectivity index (χ2v) is 5.40. The number of hydrogen-bond acceptors (Lipinski definition) is 4. The van der Waals surface area contributed by atoms with E-state index in [2.05, 4.69) is 5.32 Å². The molecule has 19 heavy (non-hydrogen) atoms. The first kappa shape index (κ1) is 15.5. The molecule has 0 aromatic heterocycles. The fourth-order valence-corrected chi connectivity index (χ4v) is 2.27. The van der Waals surface area contributed by atoms with Crippen molar-refractivity contribution in [2.24, 2.45) is 0 Å². The monoisotopic (exact) mass is 282 g/mol. The molecule has 1 rings (SSSR count). The molecule has 0 aliphatic carbocycles. The molecule has 0 aliphatic rings. The van der Waals surface area contributed by atoms with E-state index in [1.807, 2.05) is 13.2 Å². The van der Waals surface area contributed by atoms with Gasteiger partial charge >= 0.3 is 0 Å². The third kappa shape index (κ3) is 4.55. The molecule has 0 bridgehead atoms. The van der Waals surface area contributed by atoms with Crippen LogP contribution in [0.4, 0.5) is 5.69 Å². The van der Waals surface area contributed by atoms with E-state index < -0.39 is 4.92 Å². The molecule has 0 saturated carbocycles. The van der Waals surface area contributed by atoms with Gasteiger partial charge in [0, 0.05) is 23.7 Å². The number of aryl methyl sites for hydroxylation is 1. The molecule has 6 heteroatoms. The van der Waals surface area contributed by atoms with Crippen molar-refractivity contribution in [1.29, 1.82) is 0 Å². The summed E-state index contributed by atoms with van der Waals surface area (Å²) in [5, 5.41) is 13.5. The quantitative estimate of drug-likeness (QED) is 0.643. The van der Waals surface area contributed by atoms with Crippen molar-refractivity contribution in [3.63, 3.8) is 0 Å². The molecule has 5 nitrogen and oxygen atoms in total. The summed E-state index contributed by atoms with van der Waals surface area (Å²) in [5.41, 5.74) is 1.11. The van der Waals surface area contributed by atoms with Gasteiger partial charge in [0.05, 0.1) is 4.92 Å². The smallest absolute Gasteiger partial charge is 0.269 e. The minimum Gasteiger partial charge on any atom is -0.350 e. The first-order valence-electron chi connectivity index (χ1n) is 6.00. The van der Waals surface area contributed by atoms with E-state index in [0.717, 1.165) is 12.2 Å². The SMILES string of the molecule is CSCC[C@@H](C)NC(=O)c1ccc([N+](=O)[O-])cc1C. The van der Waals surface area contributed by atoms with Gasteiger partial charge in [0.15, 0.2) is 0 Å². The number of nitrogens with zero attached hydrogens (tertiary/aromatic N) is 1. The normalized spacial score (nSPS) is 11.9. The number of hydrogen-bond donors (Lipinski definition) is 1. The molecule has 104 valence electrons. The molecule has 1 aromatic carbocycles. The average molecular weight is 282 g/mol. The van der Waals surface area contributed by atoms with Crippen LogP contribution in [-0.4, -0.2) is 28.9 Å². The summed E-state index contributed by atoms with van der Waals surface area (Å²) in [6, 6.07) is 4.37. The third-order valence-corrected chi connectivity index (χ3v) is 3.44. The maximum absolute atomic E-state index is 12.0. The van der Waals surface area contributed by atoms with Gasteiger partial charge in [-0.05, 0) is 43.9 Å². The summed E-state index contributed by atoms with van der Waals surface area (Å²) < 4.78 is 0. The highest BCUT2D eigenvalue weighted by atomic mass is 32.2. The van der Waals surface area contributed by atoms with Gasteiger partial charge in [-0.25, -0.2) is 0 Å². The van der Waals surface area contributed by atoms with Crippen molar-refractivity contribution in [1.82, 2.24) is 5.32 Å². The number of benzene rings is 1. The van der Waals surface area contributed by atoms with Crippen LogP contribution in [0, 0.1) is 17.0 Å². The highest BCUT2D eigenvalue weighted by Gasteiger charge is 2.15. The zero-order valence-electron chi connectivity index (χ0n) is 11.3. The molecular formula is C13H18N2O3S. The average Bonchev–Trinajstić information content (AvgIpc) is 2.35. The summed E-state index contributed by atoms with van der Waals surface area (Å²) in [6.07, 6.45) is 2.92. The summed E-state index contributed by atoms with van der Waals surface area (Å²) in [5.74, 6) is 0.807. The number of rotatable bonds is 6. The first-order valence-corrected chi connectivity index (χ1v) is 7.40. The molecule has 0 unspecified atom stereocenters. The standard InChI is InChI=1S/C13H18N2O3S/c1-9-8-11(15(17)18)4-5-12(9)13(16)14-10(2)6-7-19-3/h4-5,8,10H,6-7H2,1-3H3,(H,14,16)/t10-/m1/s1. The van der Waals surface area contributed by atoms with E-state index in [0.29, 0.717) is 11.1 Å². The van der Waals surface area contributed by atoms with Crippen molar-refractivity contribution in [3.05, 3.63) is 39.4 Å². The van der Waals surface area contributed by atoms with Crippen molar-refractivity contribution in [3.8, 4) is 0 Å². The van der Waals surface area contributed by atoms with Gasteiger partial charge in [0.25, 0.3) is 11.6 Å². The molecule has 1 amide bonds. The minimum atomic E-state index is -0.463. The van der Waals surface area contributed by atoms with E-state index in [9.17, 15) is 14.9 Å². The van der Waals surface area contributed by atoms with Gasteiger partial charge in [-0.2, -0.15) is 11.8 Å². The molecule has 0 fully saturated rings. The van der Waals surface area contributed by atoms with Crippen LogP contribution in [0.5, 0.6) is 0 Å². The largest absolute Gasteiger partial charge is 0.350 e. The lowest BCUT2D eigenvalue weighted by Gasteiger charge is -2.14. The van der Waals surface area contributed by atoms with Gasteiger partial charge in [-0.1, -0.05) is 0 Å². The van der Waals surface area contributed by atoms with Crippen LogP contribution >= 0.6 is 11.8 Å². The Morgan fingerprint density at radius 3 is 2.74 bits per heavy atom. The lowest BCUT2D eigenvalue weighted by Crippen LogP contribution is -2.33. The molecule has 0 spiro atoms. The zero-order valence-corrected chi connectivity index (χ0v) is 12.1. The Kier molecular flexibility index (Phi) is 5.82. The Morgan fingerprint density at radius 1 is 1.53 bits per heavy atom. The summed E-state index contributed by atoms with van der Waals surface area (Å²) in [4.78, 5) is 22.2. The number of amides is 1. The van der Waals surface area contributed by atoms with E-state index in [1.54, 1.807) is 18.7 Å². The predicted octanol–water partition coefficient (Wildman–Crippen LogP) is 2.77. The van der Waals surface area contributed by atoms with Crippen molar-refractivity contribution >= 4 is 23.4 Å². The number of nitro groups is 1. The van der Waals surface area contributed by atoms with Crippen molar-refractivity contribution in [2.75, 3.05) is 12.0 Å². The van der Waals surface area contributed by atoms with Crippen molar-refractivity contribution in [2.45, 2.75) is 26.3 Å². The number of carbonyl (C=O) groups is 1. The number of nitro benzene ring substituents is 1. The Balaban J connectivity index is 2.74. The van der Waals surface area contributed by atoms with Crippen LogP contribution in [-0.2, 0) is 0 Å². The Bertz CT molecular complexity index is 477. The lowest BCUT2D eigenvalue weighted by atomic mass is 10.1. The Labute approximate surface area is 116 Å². The van der Waals surface area contributed by atoms with E-state index in [-0.39, 0.29) is 17.6 Å². The third-order valence-electron chi connectivity index (χ3n) is 2.80. The maximum Gasteiger partial charge on any atom is 0.269 e. The van der Waals surface area contributed by atoms with Crippen LogP contribution in [0.2, 0.25) is 0 Å². The van der Waals surface area contributed by atoms with Gasteiger partial charge in [-0.15, -0.1) is 0 Å². The number of nitrogens with one attached hydrogen (secondary N) is 1. The van der Waals surface area contributed by atoms with E-state index >= 15 is 0 Å². The summed E-state index contributed by atoms with van der Waals surface area (Å²) >= 11 is 1.73. The van der Waals surface area contributed by atoms with E-state index in [1.165, 1.54) is 18.2 Å². The molecule has 0 radical (unpaired) electrons. The summed E-state index contributed by atoms with van der Waals surface area (Å²) in [6.45, 7) is 3.66. The Morgan fingerprint density at radius 2 is 2.21 bits per heavy atom. The van der Waals surface area contributed by atoms with Gasteiger partial charge in [-0.3, -0.25) is 14.9 Å².